The number of fused-ring (bicyclic) bond motifs is 1. The first-order valence-corrected chi connectivity index (χ1v) is 18.4. The summed E-state index contributed by atoms with van der Waals surface area (Å²) in [5.41, 5.74) is 7.11. The molecule has 1 fully saturated rings. The molecule has 0 bridgehead atoms. The molecule has 0 N–H and O–H groups in total. The molecule has 9 nitrogen and oxygen atoms in total. The van der Waals surface area contributed by atoms with Gasteiger partial charge in [-0.3, -0.25) is 9.10 Å². The van der Waals surface area contributed by atoms with Crippen molar-refractivity contribution in [2.75, 3.05) is 48.5 Å². The number of para-hydroxylation sites is 2. The molecule has 0 unspecified atom stereocenters. The minimum atomic E-state index is -4.10. The molecule has 0 saturated carbocycles. The molecule has 0 atom stereocenters. The Balaban J connectivity index is 1.33. The van der Waals surface area contributed by atoms with Crippen molar-refractivity contribution < 1.29 is 27.2 Å². The van der Waals surface area contributed by atoms with Crippen molar-refractivity contribution in [2.24, 2.45) is 0 Å². The number of amides is 1. The van der Waals surface area contributed by atoms with Crippen LogP contribution in [0.3, 0.4) is 0 Å². The third-order valence-corrected chi connectivity index (χ3v) is 11.2. The zero-order valence-corrected chi connectivity index (χ0v) is 30.0. The molecule has 1 amide bonds. The highest BCUT2D eigenvalue weighted by atomic mass is 32.2. The van der Waals surface area contributed by atoms with Crippen molar-refractivity contribution >= 4 is 44.2 Å². The predicted octanol–water partition coefficient (Wildman–Crippen LogP) is 7.24. The average molecular weight is 694 g/mol. The Morgan fingerprint density at radius 1 is 0.840 bits per heavy atom. The first-order valence-electron chi connectivity index (χ1n) is 17.0. The van der Waals surface area contributed by atoms with E-state index in [0.29, 0.717) is 54.8 Å². The van der Waals surface area contributed by atoms with Crippen molar-refractivity contribution in [3.05, 3.63) is 124 Å². The minimum absolute atomic E-state index is 0.0241. The molecule has 0 aliphatic carbocycles. The summed E-state index contributed by atoms with van der Waals surface area (Å²) in [6.07, 6.45) is 0.492. The monoisotopic (exact) mass is 693 g/mol. The van der Waals surface area contributed by atoms with Gasteiger partial charge in [-0.25, -0.2) is 13.2 Å². The Morgan fingerprint density at radius 3 is 2.18 bits per heavy atom. The molecular formula is C40H43N3O6S. The molecule has 0 spiro atoms. The lowest BCUT2D eigenvalue weighted by Gasteiger charge is -2.38. The maximum atomic E-state index is 14.7. The topological polar surface area (TPSA) is 100 Å². The first kappa shape index (κ1) is 34.8. The van der Waals surface area contributed by atoms with E-state index in [2.05, 4.69) is 4.90 Å². The van der Waals surface area contributed by atoms with Crippen LogP contribution >= 0.6 is 0 Å². The molecule has 6 rings (SSSR count). The molecule has 1 saturated heterocycles. The zero-order chi connectivity index (χ0) is 35.6. The quantitative estimate of drug-likeness (QED) is 0.142. The molecule has 1 aliphatic heterocycles. The third kappa shape index (κ3) is 6.85. The van der Waals surface area contributed by atoms with E-state index in [1.807, 2.05) is 92.4 Å². The first-order chi connectivity index (χ1) is 24.0. The number of hydrogen-bond acceptors (Lipinski definition) is 7. The van der Waals surface area contributed by atoms with E-state index in [0.717, 1.165) is 33.5 Å². The largest absolute Gasteiger partial charge is 0.460 e. The van der Waals surface area contributed by atoms with E-state index >= 15 is 0 Å². The molecule has 2 heterocycles. The molecule has 4 aromatic carbocycles. The summed E-state index contributed by atoms with van der Waals surface area (Å²) < 4.78 is 41.8. The van der Waals surface area contributed by atoms with Gasteiger partial charge in [-0.05, 0) is 88.1 Å². The maximum Gasteiger partial charge on any atom is 0.374 e. The minimum Gasteiger partial charge on any atom is -0.460 e. The Bertz CT molecular complexity index is 2130. The van der Waals surface area contributed by atoms with Crippen molar-refractivity contribution in [1.82, 2.24) is 4.90 Å². The van der Waals surface area contributed by atoms with E-state index in [9.17, 15) is 18.0 Å². The Kier molecular flexibility index (Phi) is 10.0. The van der Waals surface area contributed by atoms with Gasteiger partial charge in [0.05, 0.1) is 22.9 Å². The van der Waals surface area contributed by atoms with Crippen molar-refractivity contribution in [1.29, 1.82) is 0 Å². The summed E-state index contributed by atoms with van der Waals surface area (Å²) in [6.45, 7) is 12.0. The second-order valence-electron chi connectivity index (χ2n) is 12.8. The number of benzene rings is 4. The molecule has 5 aromatic rings. The van der Waals surface area contributed by atoms with Crippen LogP contribution in [0.5, 0.6) is 0 Å². The smallest absolute Gasteiger partial charge is 0.374 e. The lowest BCUT2D eigenvalue weighted by molar-refractivity contribution is 0.0491. The van der Waals surface area contributed by atoms with Gasteiger partial charge in [-0.15, -0.1) is 0 Å². The molecule has 1 aromatic heterocycles. The summed E-state index contributed by atoms with van der Waals surface area (Å²) in [6, 6.07) is 26.1. The second kappa shape index (κ2) is 14.4. The molecule has 10 heteroatoms. The predicted molar refractivity (Wildman–Crippen MR) is 197 cm³/mol. The van der Waals surface area contributed by atoms with Crippen LogP contribution in [0.25, 0.3) is 11.0 Å². The van der Waals surface area contributed by atoms with Gasteiger partial charge in [0, 0.05) is 49.2 Å². The highest BCUT2D eigenvalue weighted by Crippen LogP contribution is 2.36. The summed E-state index contributed by atoms with van der Waals surface area (Å²) >= 11 is 0. The SMILES string of the molecule is CCOC(=O)c1oc2ccc(S(=O)(=O)N(CCc3ccccc3)c3ccccc3N3CCN(C(=O)c4c(C)cc(C)cc4C)CC3)cc2c1C. The molecule has 260 valence electrons. The van der Waals surface area contributed by atoms with E-state index in [4.69, 9.17) is 9.15 Å². The number of furan rings is 1. The van der Waals surface area contributed by atoms with Crippen molar-refractivity contribution in [2.45, 2.75) is 45.9 Å². The van der Waals surface area contributed by atoms with Crippen molar-refractivity contribution in [3.8, 4) is 0 Å². The Hall–Kier alpha value is -5.09. The summed E-state index contributed by atoms with van der Waals surface area (Å²) in [7, 11) is -4.10. The average Bonchev–Trinajstić information content (AvgIpc) is 3.44. The van der Waals surface area contributed by atoms with Crippen molar-refractivity contribution in [3.63, 3.8) is 0 Å². The normalized spacial score (nSPS) is 13.5. The number of ether oxygens (including phenoxy) is 1. The van der Waals surface area contributed by atoms with Crippen LogP contribution < -0.4 is 9.21 Å². The number of carbonyl (C=O) groups excluding carboxylic acids is 2. The molecule has 1 aliphatic rings. The molecule has 50 heavy (non-hydrogen) atoms. The highest BCUT2D eigenvalue weighted by Gasteiger charge is 2.31. The Labute approximate surface area is 294 Å². The zero-order valence-electron chi connectivity index (χ0n) is 29.2. The fraction of sp³-hybridized carbons (Fsp3) is 0.300. The third-order valence-electron chi connectivity index (χ3n) is 9.35. The number of rotatable bonds is 10. The van der Waals surface area contributed by atoms with Gasteiger partial charge in [0.1, 0.15) is 5.58 Å². The van der Waals surface area contributed by atoms with Gasteiger partial charge in [-0.2, -0.15) is 0 Å². The van der Waals surface area contributed by atoms with Crippen LogP contribution in [0.4, 0.5) is 11.4 Å². The number of carbonyl (C=O) groups is 2. The summed E-state index contributed by atoms with van der Waals surface area (Å²) in [4.78, 5) is 30.3. The van der Waals surface area contributed by atoms with Crippen LogP contribution in [-0.4, -0.2) is 64.5 Å². The van der Waals surface area contributed by atoms with E-state index in [-0.39, 0.29) is 29.7 Å². The summed E-state index contributed by atoms with van der Waals surface area (Å²) in [5.74, 6) is -0.501. The van der Waals surface area contributed by atoms with Gasteiger partial charge in [0.25, 0.3) is 15.9 Å². The van der Waals surface area contributed by atoms with E-state index < -0.39 is 16.0 Å². The van der Waals surface area contributed by atoms with Crippen LogP contribution in [0.15, 0.2) is 94.2 Å². The number of sulfonamides is 1. The number of anilines is 2. The maximum absolute atomic E-state index is 14.7. The highest BCUT2D eigenvalue weighted by molar-refractivity contribution is 7.92. The number of aryl methyl sites for hydroxylation is 4. The van der Waals surface area contributed by atoms with Gasteiger partial charge >= 0.3 is 5.97 Å². The number of hydrogen-bond donors (Lipinski definition) is 0. The van der Waals surface area contributed by atoms with Gasteiger partial charge in [0.15, 0.2) is 0 Å². The van der Waals surface area contributed by atoms with Gasteiger partial charge in [-0.1, -0.05) is 60.2 Å². The van der Waals surface area contributed by atoms with Crippen LogP contribution in [0, 0.1) is 27.7 Å². The molecular weight excluding hydrogens is 651 g/mol. The standard InChI is InChI=1S/C40H43N3O6S/c1-6-48-40(45)38-30(5)33-26-32(16-17-36(33)49-38)50(46,47)43(19-18-31-12-8-7-9-13-31)35-15-11-10-14-34(35)41-20-22-42(23-21-41)39(44)37-28(3)24-27(2)25-29(37)4/h7-17,24-26H,6,18-23H2,1-5H3. The fourth-order valence-electron chi connectivity index (χ4n) is 6.89. The Morgan fingerprint density at radius 2 is 1.50 bits per heavy atom. The van der Waals surface area contributed by atoms with Crippen LogP contribution in [-0.2, 0) is 21.2 Å². The number of esters is 1. The fourth-order valence-corrected chi connectivity index (χ4v) is 8.40. The number of nitrogens with zero attached hydrogens (tertiary/aromatic N) is 3. The van der Waals surface area contributed by atoms with Gasteiger partial charge in [0.2, 0.25) is 5.76 Å². The second-order valence-corrected chi connectivity index (χ2v) is 14.7. The lowest BCUT2D eigenvalue weighted by Crippen LogP contribution is -2.49. The van der Waals surface area contributed by atoms with Gasteiger partial charge < -0.3 is 19.0 Å². The van der Waals surface area contributed by atoms with Crippen LogP contribution in [0.2, 0.25) is 0 Å². The number of piperazine rings is 1. The molecule has 0 radical (unpaired) electrons. The van der Waals surface area contributed by atoms with E-state index in [1.165, 1.54) is 10.4 Å². The van der Waals surface area contributed by atoms with Crippen LogP contribution in [0.1, 0.15) is 55.7 Å². The lowest BCUT2D eigenvalue weighted by atomic mass is 9.98. The summed E-state index contributed by atoms with van der Waals surface area (Å²) in [5, 5.41) is 0.533. The van der Waals surface area contributed by atoms with E-state index in [1.54, 1.807) is 26.0 Å².